The van der Waals surface area contributed by atoms with Gasteiger partial charge in [-0.05, 0) is 55.0 Å². The number of hydrogen-bond acceptors (Lipinski definition) is 3. The molecule has 138 valence electrons. The van der Waals surface area contributed by atoms with Crippen LogP contribution in [0.2, 0.25) is 0 Å². The zero-order valence-electron chi connectivity index (χ0n) is 14.7. The Morgan fingerprint density at radius 3 is 2.54 bits per heavy atom. The van der Waals surface area contributed by atoms with Crippen molar-refractivity contribution >= 4 is 0 Å². The van der Waals surface area contributed by atoms with Crippen molar-refractivity contribution in [2.45, 2.75) is 44.1 Å². The minimum Gasteiger partial charge on any atom is -0.379 e. The standard InChI is InChI=1S/C20H23F2N3O/c21-20(22)18-12-19(13-1-2-13)25(23-18)16-4-3-14-9-17(11-15(14)10-16)24-5-7-26-8-6-24/h3-4,10,12-13,17,20H,1-2,5-9,11H2. The molecular formula is C20H23F2N3O. The van der Waals surface area contributed by atoms with E-state index < -0.39 is 6.43 Å². The van der Waals surface area contributed by atoms with Gasteiger partial charge in [0.1, 0.15) is 5.69 Å². The molecule has 0 radical (unpaired) electrons. The highest BCUT2D eigenvalue weighted by Gasteiger charge is 2.31. The van der Waals surface area contributed by atoms with Crippen molar-refractivity contribution < 1.29 is 13.5 Å². The van der Waals surface area contributed by atoms with Gasteiger partial charge in [-0.1, -0.05) is 6.07 Å². The van der Waals surface area contributed by atoms with Crippen LogP contribution >= 0.6 is 0 Å². The number of benzene rings is 1. The molecular weight excluding hydrogens is 336 g/mol. The maximum Gasteiger partial charge on any atom is 0.282 e. The Kier molecular flexibility index (Phi) is 4.05. The first-order valence-corrected chi connectivity index (χ1v) is 9.51. The van der Waals surface area contributed by atoms with Gasteiger partial charge in [-0.15, -0.1) is 0 Å². The van der Waals surface area contributed by atoms with Crippen LogP contribution in [0.4, 0.5) is 8.78 Å². The van der Waals surface area contributed by atoms with Crippen LogP contribution < -0.4 is 0 Å². The summed E-state index contributed by atoms with van der Waals surface area (Å²) in [6.07, 6.45) is 1.70. The molecule has 0 N–H and O–H groups in total. The molecule has 1 saturated heterocycles. The first-order valence-electron chi connectivity index (χ1n) is 9.51. The molecule has 6 heteroatoms. The van der Waals surface area contributed by atoms with E-state index in [4.69, 9.17) is 4.74 Å². The number of alkyl halides is 2. The van der Waals surface area contributed by atoms with Crippen molar-refractivity contribution in [1.29, 1.82) is 0 Å². The zero-order chi connectivity index (χ0) is 17.7. The summed E-state index contributed by atoms with van der Waals surface area (Å²) in [4.78, 5) is 2.52. The van der Waals surface area contributed by atoms with E-state index in [1.165, 1.54) is 11.1 Å². The summed E-state index contributed by atoms with van der Waals surface area (Å²) < 4.78 is 33.5. The monoisotopic (exact) mass is 359 g/mol. The molecule has 1 unspecified atom stereocenters. The Bertz CT molecular complexity index is 809. The van der Waals surface area contributed by atoms with Gasteiger partial charge >= 0.3 is 0 Å². The third-order valence-electron chi connectivity index (χ3n) is 5.88. The fourth-order valence-electron chi connectivity index (χ4n) is 4.31. The predicted octanol–water partition coefficient (Wildman–Crippen LogP) is 3.49. The van der Waals surface area contributed by atoms with Gasteiger partial charge in [-0.2, -0.15) is 5.10 Å². The minimum atomic E-state index is -2.52. The van der Waals surface area contributed by atoms with E-state index in [0.717, 1.165) is 63.4 Å². The van der Waals surface area contributed by atoms with Crippen LogP contribution in [0.3, 0.4) is 0 Å². The second-order valence-electron chi connectivity index (χ2n) is 7.64. The maximum atomic E-state index is 13.1. The fraction of sp³-hybridized carbons (Fsp3) is 0.550. The molecule has 0 amide bonds. The minimum absolute atomic E-state index is 0.112. The molecule has 1 atom stereocenters. The van der Waals surface area contributed by atoms with Crippen molar-refractivity contribution in [2.24, 2.45) is 0 Å². The summed E-state index contributed by atoms with van der Waals surface area (Å²) in [7, 11) is 0. The number of fused-ring (bicyclic) bond motifs is 1. The highest BCUT2D eigenvalue weighted by molar-refractivity contribution is 5.45. The van der Waals surface area contributed by atoms with E-state index in [1.807, 2.05) is 6.07 Å². The van der Waals surface area contributed by atoms with Crippen molar-refractivity contribution in [3.8, 4) is 5.69 Å². The van der Waals surface area contributed by atoms with E-state index in [-0.39, 0.29) is 5.69 Å². The van der Waals surface area contributed by atoms with Gasteiger partial charge in [0.15, 0.2) is 0 Å². The molecule has 0 spiro atoms. The largest absolute Gasteiger partial charge is 0.379 e. The SMILES string of the molecule is FC(F)c1cc(C2CC2)n(-c2ccc3c(c2)CC(N2CCOCC2)C3)n1. The topological polar surface area (TPSA) is 30.3 Å². The molecule has 2 heterocycles. The Morgan fingerprint density at radius 1 is 1.04 bits per heavy atom. The molecule has 4 nitrogen and oxygen atoms in total. The van der Waals surface area contributed by atoms with E-state index in [9.17, 15) is 8.78 Å². The van der Waals surface area contributed by atoms with Gasteiger partial charge in [0.25, 0.3) is 6.43 Å². The average molecular weight is 359 g/mol. The molecule has 1 aromatic carbocycles. The molecule has 2 aromatic rings. The highest BCUT2D eigenvalue weighted by atomic mass is 19.3. The van der Waals surface area contributed by atoms with E-state index >= 15 is 0 Å². The maximum absolute atomic E-state index is 13.1. The lowest BCUT2D eigenvalue weighted by molar-refractivity contribution is 0.0187. The molecule has 26 heavy (non-hydrogen) atoms. The lowest BCUT2D eigenvalue weighted by atomic mass is 10.1. The van der Waals surface area contributed by atoms with Gasteiger partial charge in [-0.25, -0.2) is 13.5 Å². The van der Waals surface area contributed by atoms with E-state index in [2.05, 4.69) is 22.1 Å². The second kappa shape index (κ2) is 6.43. The summed E-state index contributed by atoms with van der Waals surface area (Å²) in [5.74, 6) is 0.379. The number of nitrogens with zero attached hydrogens (tertiary/aromatic N) is 3. The Balaban J connectivity index is 1.43. The number of hydrogen-bond donors (Lipinski definition) is 0. The summed E-state index contributed by atoms with van der Waals surface area (Å²) in [5, 5.41) is 4.22. The molecule has 2 aliphatic carbocycles. The molecule has 0 bridgehead atoms. The molecule has 3 aliphatic rings. The van der Waals surface area contributed by atoms with Gasteiger partial charge in [0.05, 0.1) is 18.9 Å². The number of morpholine rings is 1. The number of aromatic nitrogens is 2. The van der Waals surface area contributed by atoms with Crippen LogP contribution in [0.25, 0.3) is 5.69 Å². The Morgan fingerprint density at radius 2 is 1.81 bits per heavy atom. The third kappa shape index (κ3) is 2.95. The smallest absolute Gasteiger partial charge is 0.282 e. The highest BCUT2D eigenvalue weighted by Crippen LogP contribution is 2.42. The molecule has 5 rings (SSSR count). The summed E-state index contributed by atoms with van der Waals surface area (Å²) in [5.41, 5.74) is 4.44. The number of rotatable bonds is 4. The van der Waals surface area contributed by atoms with Crippen molar-refractivity contribution in [2.75, 3.05) is 26.3 Å². The van der Waals surface area contributed by atoms with Crippen LogP contribution in [-0.2, 0) is 17.6 Å². The summed E-state index contributed by atoms with van der Waals surface area (Å²) >= 11 is 0. The van der Waals surface area contributed by atoms with Crippen LogP contribution in [0, 0.1) is 0 Å². The molecule has 2 fully saturated rings. The van der Waals surface area contributed by atoms with Gasteiger partial charge in [-0.3, -0.25) is 4.90 Å². The Labute approximate surface area is 151 Å². The third-order valence-corrected chi connectivity index (χ3v) is 5.88. The lowest BCUT2D eigenvalue weighted by Crippen LogP contribution is -2.43. The van der Waals surface area contributed by atoms with Crippen molar-refractivity contribution in [1.82, 2.24) is 14.7 Å². The summed E-state index contributed by atoms with van der Waals surface area (Å²) in [6.45, 7) is 3.61. The van der Waals surface area contributed by atoms with E-state index in [1.54, 1.807) is 10.7 Å². The van der Waals surface area contributed by atoms with Crippen LogP contribution in [0.15, 0.2) is 24.3 Å². The fourth-order valence-corrected chi connectivity index (χ4v) is 4.31. The van der Waals surface area contributed by atoms with Crippen molar-refractivity contribution in [3.05, 3.63) is 46.8 Å². The van der Waals surface area contributed by atoms with Crippen LogP contribution in [0.5, 0.6) is 0 Å². The quantitative estimate of drug-likeness (QED) is 0.837. The van der Waals surface area contributed by atoms with Crippen LogP contribution in [0.1, 0.15) is 47.7 Å². The first kappa shape index (κ1) is 16.4. The molecule has 1 aliphatic heterocycles. The van der Waals surface area contributed by atoms with E-state index in [0.29, 0.717) is 12.0 Å². The first-order chi connectivity index (χ1) is 12.7. The van der Waals surface area contributed by atoms with Gasteiger partial charge in [0, 0.05) is 30.7 Å². The van der Waals surface area contributed by atoms with Crippen LogP contribution in [-0.4, -0.2) is 47.0 Å². The lowest BCUT2D eigenvalue weighted by Gasteiger charge is -2.32. The predicted molar refractivity (Wildman–Crippen MR) is 94.1 cm³/mol. The second-order valence-corrected chi connectivity index (χ2v) is 7.64. The number of ether oxygens (including phenoxy) is 1. The van der Waals surface area contributed by atoms with Gasteiger partial charge in [0.2, 0.25) is 0 Å². The van der Waals surface area contributed by atoms with Gasteiger partial charge < -0.3 is 4.74 Å². The normalized spacial score (nSPS) is 23.6. The molecule has 1 aromatic heterocycles. The Hall–Kier alpha value is -1.79. The number of halogens is 2. The molecule has 1 saturated carbocycles. The zero-order valence-corrected chi connectivity index (χ0v) is 14.7. The summed E-state index contributed by atoms with van der Waals surface area (Å²) in [6, 6.07) is 8.47. The average Bonchev–Trinajstić information content (AvgIpc) is 3.26. The van der Waals surface area contributed by atoms with Crippen molar-refractivity contribution in [3.63, 3.8) is 0 Å².